The number of rotatable bonds is 4. The Labute approximate surface area is 106 Å². The molecule has 0 N–H and O–H groups in total. The first kappa shape index (κ1) is 12.1. The highest BCUT2D eigenvalue weighted by Gasteiger charge is 2.21. The molecule has 0 aliphatic carbocycles. The van der Waals surface area contributed by atoms with Gasteiger partial charge in [0, 0.05) is 17.9 Å². The maximum absolute atomic E-state index is 5.88. The van der Waals surface area contributed by atoms with Gasteiger partial charge in [-0.05, 0) is 18.4 Å². The van der Waals surface area contributed by atoms with Crippen LogP contribution in [0.5, 0.6) is 0 Å². The van der Waals surface area contributed by atoms with Crippen molar-refractivity contribution in [1.82, 2.24) is 5.06 Å². The summed E-state index contributed by atoms with van der Waals surface area (Å²) in [5.41, 5.74) is 1.24. The molecule has 0 amide bonds. The van der Waals surface area contributed by atoms with E-state index in [0.717, 1.165) is 11.9 Å². The number of nitrogens with zero attached hydrogens (tertiary/aromatic N) is 1. The predicted molar refractivity (Wildman–Crippen MR) is 69.4 cm³/mol. The van der Waals surface area contributed by atoms with E-state index in [-0.39, 0.29) is 0 Å². The van der Waals surface area contributed by atoms with Gasteiger partial charge in [-0.1, -0.05) is 52.7 Å². The van der Waals surface area contributed by atoms with Crippen molar-refractivity contribution in [2.75, 3.05) is 11.9 Å². The van der Waals surface area contributed by atoms with Crippen molar-refractivity contribution in [3.63, 3.8) is 0 Å². The Morgan fingerprint density at radius 2 is 2.06 bits per heavy atom. The van der Waals surface area contributed by atoms with Gasteiger partial charge in [0.2, 0.25) is 0 Å². The van der Waals surface area contributed by atoms with E-state index in [4.69, 9.17) is 4.84 Å². The summed E-state index contributed by atoms with van der Waals surface area (Å²) in [4.78, 5) is 5.88. The molecule has 0 bridgehead atoms. The molecule has 1 aliphatic rings. The SMILES string of the molecule is BrCC1CCCCN1OCc1ccccc1. The second-order valence-corrected chi connectivity index (χ2v) is 4.85. The molecule has 1 atom stereocenters. The number of hydrogen-bond donors (Lipinski definition) is 0. The van der Waals surface area contributed by atoms with Crippen molar-refractivity contribution in [2.24, 2.45) is 0 Å². The monoisotopic (exact) mass is 283 g/mol. The van der Waals surface area contributed by atoms with Crippen LogP contribution in [0.25, 0.3) is 0 Å². The van der Waals surface area contributed by atoms with Crippen molar-refractivity contribution in [3.05, 3.63) is 35.9 Å². The third-order valence-corrected chi connectivity index (χ3v) is 3.74. The molecule has 1 aromatic carbocycles. The minimum Gasteiger partial charge on any atom is -0.294 e. The van der Waals surface area contributed by atoms with Crippen molar-refractivity contribution >= 4 is 15.9 Å². The van der Waals surface area contributed by atoms with E-state index in [1.54, 1.807) is 0 Å². The second kappa shape index (κ2) is 6.38. The fourth-order valence-electron chi connectivity index (χ4n) is 2.03. The van der Waals surface area contributed by atoms with Crippen LogP contribution in [0.1, 0.15) is 24.8 Å². The molecule has 1 saturated heterocycles. The van der Waals surface area contributed by atoms with Crippen molar-refractivity contribution in [1.29, 1.82) is 0 Å². The molecule has 1 fully saturated rings. The zero-order valence-electron chi connectivity index (χ0n) is 9.44. The molecule has 1 aliphatic heterocycles. The molecule has 0 aromatic heterocycles. The number of piperidine rings is 1. The van der Waals surface area contributed by atoms with Crippen LogP contribution in [-0.4, -0.2) is 23.0 Å². The van der Waals surface area contributed by atoms with Crippen LogP contribution in [0.15, 0.2) is 30.3 Å². The van der Waals surface area contributed by atoms with E-state index in [2.05, 4.69) is 45.3 Å². The lowest BCUT2D eigenvalue weighted by Crippen LogP contribution is -2.40. The van der Waals surface area contributed by atoms with E-state index in [1.807, 2.05) is 6.07 Å². The van der Waals surface area contributed by atoms with Gasteiger partial charge >= 0.3 is 0 Å². The van der Waals surface area contributed by atoms with Gasteiger partial charge < -0.3 is 0 Å². The Kier molecular flexibility index (Phi) is 4.82. The van der Waals surface area contributed by atoms with Crippen LogP contribution in [0.3, 0.4) is 0 Å². The molecule has 1 unspecified atom stereocenters. The van der Waals surface area contributed by atoms with Crippen LogP contribution >= 0.6 is 15.9 Å². The first-order valence-corrected chi connectivity index (χ1v) is 7.02. The van der Waals surface area contributed by atoms with Crippen LogP contribution in [0, 0.1) is 0 Å². The Hall–Kier alpha value is -0.380. The van der Waals surface area contributed by atoms with E-state index in [1.165, 1.54) is 24.8 Å². The summed E-state index contributed by atoms with van der Waals surface area (Å²) in [5, 5.41) is 3.15. The van der Waals surface area contributed by atoms with Gasteiger partial charge in [0.1, 0.15) is 0 Å². The Morgan fingerprint density at radius 3 is 2.81 bits per heavy atom. The fraction of sp³-hybridized carbons (Fsp3) is 0.538. The Bertz CT molecular complexity index is 304. The second-order valence-electron chi connectivity index (χ2n) is 4.20. The molecular weight excluding hydrogens is 266 g/mol. The van der Waals surface area contributed by atoms with E-state index in [0.29, 0.717) is 12.6 Å². The van der Waals surface area contributed by atoms with Crippen LogP contribution in [0.2, 0.25) is 0 Å². The lowest BCUT2D eigenvalue weighted by molar-refractivity contribution is -0.202. The summed E-state index contributed by atoms with van der Waals surface area (Å²) in [6.45, 7) is 1.74. The minimum atomic E-state index is 0.539. The summed E-state index contributed by atoms with van der Waals surface area (Å²) in [6, 6.07) is 10.9. The topological polar surface area (TPSA) is 12.5 Å². The van der Waals surface area contributed by atoms with Gasteiger partial charge in [0.15, 0.2) is 0 Å². The summed E-state index contributed by atoms with van der Waals surface area (Å²) in [6.07, 6.45) is 3.81. The molecule has 1 aromatic rings. The van der Waals surface area contributed by atoms with Gasteiger partial charge in [-0.2, -0.15) is 5.06 Å². The Morgan fingerprint density at radius 1 is 1.25 bits per heavy atom. The average molecular weight is 284 g/mol. The molecule has 2 rings (SSSR count). The number of alkyl halides is 1. The highest BCUT2D eigenvalue weighted by Crippen LogP contribution is 2.19. The van der Waals surface area contributed by atoms with Crippen molar-refractivity contribution < 1.29 is 4.84 Å². The molecule has 16 heavy (non-hydrogen) atoms. The molecule has 1 heterocycles. The van der Waals surface area contributed by atoms with Crippen LogP contribution in [0.4, 0.5) is 0 Å². The molecule has 0 saturated carbocycles. The highest BCUT2D eigenvalue weighted by molar-refractivity contribution is 9.09. The normalized spacial score (nSPS) is 22.2. The number of hydroxylamine groups is 2. The highest BCUT2D eigenvalue weighted by atomic mass is 79.9. The first-order valence-electron chi connectivity index (χ1n) is 5.89. The smallest absolute Gasteiger partial charge is 0.0936 e. The van der Waals surface area contributed by atoms with Gasteiger partial charge in [0.25, 0.3) is 0 Å². The minimum absolute atomic E-state index is 0.539. The van der Waals surface area contributed by atoms with Gasteiger partial charge in [0.05, 0.1) is 6.61 Å². The maximum atomic E-state index is 5.88. The van der Waals surface area contributed by atoms with Crippen molar-refractivity contribution in [2.45, 2.75) is 31.9 Å². The third kappa shape index (κ3) is 3.30. The fourth-order valence-corrected chi connectivity index (χ4v) is 2.68. The van der Waals surface area contributed by atoms with Crippen LogP contribution < -0.4 is 0 Å². The molecule has 3 heteroatoms. The van der Waals surface area contributed by atoms with Crippen molar-refractivity contribution in [3.8, 4) is 0 Å². The zero-order chi connectivity index (χ0) is 11.2. The van der Waals surface area contributed by atoms with Crippen LogP contribution in [-0.2, 0) is 11.4 Å². The summed E-state index contributed by atoms with van der Waals surface area (Å²) in [5.74, 6) is 0. The molecular formula is C13H18BrNO. The molecule has 0 radical (unpaired) electrons. The Balaban J connectivity index is 1.84. The summed E-state index contributed by atoms with van der Waals surface area (Å²) >= 11 is 3.56. The molecule has 0 spiro atoms. The molecule has 2 nitrogen and oxygen atoms in total. The standard InChI is InChI=1S/C13H18BrNO/c14-10-13-8-4-5-9-15(13)16-11-12-6-2-1-3-7-12/h1-3,6-7,13H,4-5,8-11H2. The van der Waals surface area contributed by atoms with E-state index in [9.17, 15) is 0 Å². The van der Waals surface area contributed by atoms with Gasteiger partial charge in [-0.15, -0.1) is 0 Å². The van der Waals surface area contributed by atoms with Gasteiger partial charge in [-0.3, -0.25) is 4.84 Å². The number of benzene rings is 1. The maximum Gasteiger partial charge on any atom is 0.0936 e. The quantitative estimate of drug-likeness (QED) is 0.786. The van der Waals surface area contributed by atoms with E-state index >= 15 is 0 Å². The number of halogens is 1. The number of hydrogen-bond acceptors (Lipinski definition) is 2. The van der Waals surface area contributed by atoms with Gasteiger partial charge in [-0.25, -0.2) is 0 Å². The van der Waals surface area contributed by atoms with E-state index < -0.39 is 0 Å². The average Bonchev–Trinajstić information content (AvgIpc) is 2.38. The largest absolute Gasteiger partial charge is 0.294 e. The summed E-state index contributed by atoms with van der Waals surface area (Å²) in [7, 11) is 0. The summed E-state index contributed by atoms with van der Waals surface area (Å²) < 4.78 is 0. The lowest BCUT2D eigenvalue weighted by Gasteiger charge is -2.33. The molecule has 88 valence electrons. The lowest BCUT2D eigenvalue weighted by atomic mass is 10.1. The first-order chi connectivity index (χ1) is 7.90. The third-order valence-electron chi connectivity index (χ3n) is 2.99. The zero-order valence-corrected chi connectivity index (χ0v) is 11.0. The predicted octanol–water partition coefficient (Wildman–Crippen LogP) is 3.37.